The van der Waals surface area contributed by atoms with E-state index in [9.17, 15) is 4.79 Å². The molecule has 0 bridgehead atoms. The molecule has 31 heavy (non-hydrogen) atoms. The summed E-state index contributed by atoms with van der Waals surface area (Å²) in [5, 5.41) is 10.8. The van der Waals surface area contributed by atoms with Crippen LogP contribution in [-0.2, 0) is 24.9 Å². The summed E-state index contributed by atoms with van der Waals surface area (Å²) in [6.07, 6.45) is 7.46. The number of benzene rings is 1. The Morgan fingerprint density at radius 2 is 1.97 bits per heavy atom. The van der Waals surface area contributed by atoms with Crippen LogP contribution in [0.2, 0.25) is 0 Å². The summed E-state index contributed by atoms with van der Waals surface area (Å²) < 4.78 is 3.91. The van der Waals surface area contributed by atoms with Crippen molar-refractivity contribution in [1.82, 2.24) is 34.9 Å². The van der Waals surface area contributed by atoms with Crippen LogP contribution in [0.15, 0.2) is 55.1 Å². The first-order chi connectivity index (χ1) is 14.2. The average Bonchev–Trinajstić information content (AvgIpc) is 3.39. The summed E-state index contributed by atoms with van der Waals surface area (Å²) in [6.45, 7) is 4.06. The maximum Gasteiger partial charge on any atom is 0.234 e. The second-order valence-electron chi connectivity index (χ2n) is 7.34. The third-order valence-electron chi connectivity index (χ3n) is 5.34. The Morgan fingerprint density at radius 3 is 2.68 bits per heavy atom. The molecule has 1 saturated heterocycles. The normalized spacial score (nSPS) is 16.2. The highest BCUT2D eigenvalue weighted by atomic mass is 35.5. The van der Waals surface area contributed by atoms with E-state index in [1.807, 2.05) is 46.9 Å². The van der Waals surface area contributed by atoms with Crippen molar-refractivity contribution in [2.24, 2.45) is 7.05 Å². The van der Waals surface area contributed by atoms with E-state index in [-0.39, 0.29) is 36.8 Å². The minimum absolute atomic E-state index is 0. The fourth-order valence-electron chi connectivity index (χ4n) is 3.78. The smallest absolute Gasteiger partial charge is 0.234 e. The van der Waals surface area contributed by atoms with E-state index in [1.165, 1.54) is 0 Å². The average molecular weight is 466 g/mol. The van der Waals surface area contributed by atoms with Gasteiger partial charge in [-0.25, -0.2) is 4.98 Å². The van der Waals surface area contributed by atoms with Gasteiger partial charge in [0.15, 0.2) is 0 Å². The number of piperazine rings is 1. The minimum atomic E-state index is 0. The van der Waals surface area contributed by atoms with Gasteiger partial charge in [0.25, 0.3) is 0 Å². The van der Waals surface area contributed by atoms with Gasteiger partial charge >= 0.3 is 0 Å². The summed E-state index contributed by atoms with van der Waals surface area (Å²) in [6, 6.07) is 10.2. The van der Waals surface area contributed by atoms with E-state index in [0.717, 1.165) is 36.6 Å². The van der Waals surface area contributed by atoms with Crippen LogP contribution in [-0.4, -0.2) is 56.3 Å². The van der Waals surface area contributed by atoms with Gasteiger partial charge in [0.2, 0.25) is 5.91 Å². The predicted octanol–water partition coefficient (Wildman–Crippen LogP) is 1.77. The summed E-state index contributed by atoms with van der Waals surface area (Å²) in [5.74, 6) is 1.01. The molecular formula is C21H29Cl2N7O. The van der Waals surface area contributed by atoms with Crippen molar-refractivity contribution >= 4 is 30.7 Å². The summed E-state index contributed by atoms with van der Waals surface area (Å²) in [4.78, 5) is 19.4. The lowest BCUT2D eigenvalue weighted by Crippen LogP contribution is -2.50. The predicted molar refractivity (Wildman–Crippen MR) is 125 cm³/mol. The van der Waals surface area contributed by atoms with Crippen molar-refractivity contribution in [1.29, 1.82) is 0 Å². The Kier molecular flexibility index (Phi) is 9.51. The van der Waals surface area contributed by atoms with Crippen LogP contribution in [0, 0.1) is 0 Å². The van der Waals surface area contributed by atoms with Crippen LogP contribution in [0.3, 0.4) is 0 Å². The van der Waals surface area contributed by atoms with E-state index < -0.39 is 0 Å². The third kappa shape index (κ3) is 6.30. The summed E-state index contributed by atoms with van der Waals surface area (Å²) in [7, 11) is 1.99. The second kappa shape index (κ2) is 11.9. The molecule has 1 fully saturated rings. The molecular weight excluding hydrogens is 437 g/mol. The second-order valence-corrected chi connectivity index (χ2v) is 7.34. The van der Waals surface area contributed by atoms with E-state index in [0.29, 0.717) is 19.6 Å². The molecule has 0 spiro atoms. The van der Waals surface area contributed by atoms with Gasteiger partial charge in [-0.2, -0.15) is 5.10 Å². The minimum Gasteiger partial charge on any atom is -0.351 e. The molecule has 0 saturated carbocycles. The van der Waals surface area contributed by atoms with Crippen molar-refractivity contribution in [2.45, 2.75) is 19.1 Å². The lowest BCUT2D eigenvalue weighted by atomic mass is 10.1. The molecule has 1 aromatic carbocycles. The summed E-state index contributed by atoms with van der Waals surface area (Å²) >= 11 is 0. The Bertz CT molecular complexity index is 945. The fourth-order valence-corrected chi connectivity index (χ4v) is 3.78. The van der Waals surface area contributed by atoms with Crippen molar-refractivity contribution < 1.29 is 4.79 Å². The molecule has 3 aromatic rings. The third-order valence-corrected chi connectivity index (χ3v) is 5.34. The number of imidazole rings is 1. The quantitative estimate of drug-likeness (QED) is 0.555. The Morgan fingerprint density at radius 1 is 1.16 bits per heavy atom. The van der Waals surface area contributed by atoms with Crippen LogP contribution >= 0.6 is 24.8 Å². The van der Waals surface area contributed by atoms with Gasteiger partial charge < -0.3 is 15.2 Å². The van der Waals surface area contributed by atoms with Crippen LogP contribution in [0.25, 0.3) is 0 Å². The van der Waals surface area contributed by atoms with E-state index in [2.05, 4.69) is 37.7 Å². The molecule has 1 amide bonds. The van der Waals surface area contributed by atoms with Crippen LogP contribution in [0.4, 0.5) is 0 Å². The highest BCUT2D eigenvalue weighted by molar-refractivity contribution is 5.85. The number of rotatable bonds is 7. The molecule has 168 valence electrons. The maximum atomic E-state index is 12.7. The van der Waals surface area contributed by atoms with Crippen molar-refractivity contribution in [3.63, 3.8) is 0 Å². The number of aryl methyl sites for hydroxylation is 1. The molecule has 0 radical (unpaired) electrons. The van der Waals surface area contributed by atoms with Crippen LogP contribution in [0.1, 0.15) is 23.0 Å². The SMILES string of the molecule is Cl.Cl.Cn1ccnc1C1CNCCN1CC(=O)NCc1ccccc1Cn1cccn1. The van der Waals surface area contributed by atoms with Crippen molar-refractivity contribution in [3.05, 3.63) is 72.1 Å². The summed E-state index contributed by atoms with van der Waals surface area (Å²) in [5.41, 5.74) is 2.27. The zero-order chi connectivity index (χ0) is 20.1. The van der Waals surface area contributed by atoms with Gasteiger partial charge in [0, 0.05) is 58.0 Å². The number of aromatic nitrogens is 4. The van der Waals surface area contributed by atoms with Gasteiger partial charge in [-0.3, -0.25) is 14.4 Å². The van der Waals surface area contributed by atoms with E-state index in [4.69, 9.17) is 0 Å². The van der Waals surface area contributed by atoms with Gasteiger partial charge in [-0.15, -0.1) is 24.8 Å². The lowest BCUT2D eigenvalue weighted by Gasteiger charge is -2.35. The number of nitrogens with one attached hydrogen (secondary N) is 2. The van der Waals surface area contributed by atoms with Gasteiger partial charge in [0.05, 0.1) is 19.1 Å². The number of halogens is 2. The topological polar surface area (TPSA) is 80.0 Å². The van der Waals surface area contributed by atoms with E-state index in [1.54, 1.807) is 12.4 Å². The number of carbonyl (C=O) groups excluding carboxylic acids is 1. The molecule has 2 N–H and O–H groups in total. The Hall–Kier alpha value is -2.39. The molecule has 1 unspecified atom stereocenters. The first-order valence-electron chi connectivity index (χ1n) is 9.93. The number of nitrogens with zero attached hydrogens (tertiary/aromatic N) is 5. The van der Waals surface area contributed by atoms with Gasteiger partial charge in [0.1, 0.15) is 5.82 Å². The highest BCUT2D eigenvalue weighted by Crippen LogP contribution is 2.19. The molecule has 1 aliphatic rings. The highest BCUT2D eigenvalue weighted by Gasteiger charge is 2.28. The monoisotopic (exact) mass is 465 g/mol. The molecule has 2 aromatic heterocycles. The number of carbonyl (C=O) groups is 1. The fraction of sp³-hybridized carbons (Fsp3) is 0.381. The zero-order valence-corrected chi connectivity index (χ0v) is 19.1. The number of amides is 1. The molecule has 1 aliphatic heterocycles. The molecule has 0 aliphatic carbocycles. The largest absolute Gasteiger partial charge is 0.351 e. The molecule has 10 heteroatoms. The van der Waals surface area contributed by atoms with Crippen molar-refractivity contribution in [3.8, 4) is 0 Å². The standard InChI is InChI=1S/C21H27N7O.2ClH/c1-26-11-9-23-21(26)19-14-22-8-12-27(19)16-20(29)24-13-17-5-2-3-6-18(17)15-28-10-4-7-25-28;;/h2-7,9-11,19,22H,8,12-16H2,1H3,(H,24,29);2*1H. The van der Waals surface area contributed by atoms with Gasteiger partial charge in [-0.05, 0) is 17.2 Å². The number of hydrogen-bond donors (Lipinski definition) is 2. The maximum absolute atomic E-state index is 12.7. The zero-order valence-electron chi connectivity index (χ0n) is 17.5. The molecule has 1 atom stereocenters. The Balaban J connectivity index is 0.00000171. The van der Waals surface area contributed by atoms with Gasteiger partial charge in [-0.1, -0.05) is 24.3 Å². The lowest BCUT2D eigenvalue weighted by molar-refractivity contribution is -0.123. The van der Waals surface area contributed by atoms with E-state index >= 15 is 0 Å². The molecule has 8 nitrogen and oxygen atoms in total. The van der Waals surface area contributed by atoms with Crippen LogP contribution < -0.4 is 10.6 Å². The first kappa shape index (κ1) is 24.9. The van der Waals surface area contributed by atoms with Crippen molar-refractivity contribution in [2.75, 3.05) is 26.2 Å². The molecule has 4 rings (SSSR count). The number of hydrogen-bond acceptors (Lipinski definition) is 5. The van der Waals surface area contributed by atoms with Crippen LogP contribution in [0.5, 0.6) is 0 Å². The Labute approximate surface area is 194 Å². The molecule has 3 heterocycles. The first-order valence-corrected chi connectivity index (χ1v) is 9.93.